The van der Waals surface area contributed by atoms with Crippen molar-refractivity contribution in [2.24, 2.45) is 0 Å². The molecule has 0 N–H and O–H groups in total. The van der Waals surface area contributed by atoms with Gasteiger partial charge in [0, 0.05) is 12.7 Å². The van der Waals surface area contributed by atoms with E-state index in [0.29, 0.717) is 13.2 Å². The minimum Gasteiger partial charge on any atom is -0.330 e. The fourth-order valence-corrected chi connectivity index (χ4v) is 3.43. The third kappa shape index (κ3) is 8.28. The smallest absolute Gasteiger partial charge is 0.188 e. The molecule has 17 heavy (non-hydrogen) atoms. The van der Waals surface area contributed by atoms with Crippen molar-refractivity contribution in [1.82, 2.24) is 4.90 Å². The molecule has 1 atom stereocenters. The fraction of sp³-hybridized carbons (Fsp3) is 1.00. The maximum atomic E-state index is 5.80. The van der Waals surface area contributed by atoms with Gasteiger partial charge in [-0.05, 0) is 44.7 Å². The first-order valence-electron chi connectivity index (χ1n) is 6.72. The average molecular weight is 281 g/mol. The molecule has 0 radical (unpaired) electrons. The average Bonchev–Trinajstić information content (AvgIpc) is 2.30. The summed E-state index contributed by atoms with van der Waals surface area (Å²) in [6, 6.07) is 0. The predicted molar refractivity (Wildman–Crippen MR) is 79.4 cm³/mol. The van der Waals surface area contributed by atoms with E-state index in [9.17, 15) is 0 Å². The third-order valence-electron chi connectivity index (χ3n) is 2.49. The van der Waals surface area contributed by atoms with E-state index in [-0.39, 0.29) is 0 Å². The van der Waals surface area contributed by atoms with Gasteiger partial charge in [0.05, 0.1) is 13.2 Å². The molecule has 0 rings (SSSR count). The number of rotatable bonds is 11. The molecule has 0 aliphatic heterocycles. The number of hydrogen-bond acceptors (Lipinski definition) is 4. The Morgan fingerprint density at radius 1 is 0.941 bits per heavy atom. The van der Waals surface area contributed by atoms with Crippen LogP contribution in [0.25, 0.3) is 0 Å². The summed E-state index contributed by atoms with van der Waals surface area (Å²) in [5.41, 5.74) is 0. The maximum absolute atomic E-state index is 5.80. The fourth-order valence-electron chi connectivity index (χ4n) is 1.69. The minimum absolute atomic E-state index is 0.652. The molecule has 0 aliphatic carbocycles. The Morgan fingerprint density at radius 2 is 1.53 bits per heavy atom. The molecule has 0 aliphatic rings. The second-order valence-electron chi connectivity index (χ2n) is 4.02. The Balaban J connectivity index is 3.95. The Kier molecular flexibility index (Phi) is 10.8. The van der Waals surface area contributed by atoms with E-state index in [1.165, 1.54) is 12.8 Å². The molecule has 104 valence electrons. The van der Waals surface area contributed by atoms with E-state index in [4.69, 9.17) is 20.9 Å². The van der Waals surface area contributed by atoms with Gasteiger partial charge in [-0.15, -0.1) is 0 Å². The SMILES string of the molecule is CCCN(CCC)CCOP(=S)(CC)OCC. The van der Waals surface area contributed by atoms with Crippen LogP contribution in [0.4, 0.5) is 0 Å². The first-order valence-corrected chi connectivity index (χ1v) is 9.54. The van der Waals surface area contributed by atoms with Crippen molar-refractivity contribution >= 4 is 18.3 Å². The monoisotopic (exact) mass is 281 g/mol. The zero-order chi connectivity index (χ0) is 13.1. The Morgan fingerprint density at radius 3 is 1.94 bits per heavy atom. The topological polar surface area (TPSA) is 21.7 Å². The summed E-state index contributed by atoms with van der Waals surface area (Å²) in [5.74, 6) is 0. The summed E-state index contributed by atoms with van der Waals surface area (Å²) in [6.45, 7) is 11.0. The van der Waals surface area contributed by atoms with Crippen LogP contribution in [0.5, 0.6) is 0 Å². The van der Waals surface area contributed by atoms with Gasteiger partial charge in [0.15, 0.2) is 6.49 Å². The molecule has 0 saturated carbocycles. The van der Waals surface area contributed by atoms with Crippen molar-refractivity contribution in [1.29, 1.82) is 0 Å². The summed E-state index contributed by atoms with van der Waals surface area (Å²) in [7, 11) is 0. The highest BCUT2D eigenvalue weighted by Gasteiger charge is 2.15. The van der Waals surface area contributed by atoms with E-state index in [1.54, 1.807) is 0 Å². The first-order chi connectivity index (χ1) is 8.11. The van der Waals surface area contributed by atoms with Gasteiger partial charge in [-0.25, -0.2) is 0 Å². The quantitative estimate of drug-likeness (QED) is 0.540. The van der Waals surface area contributed by atoms with Crippen molar-refractivity contribution in [3.05, 3.63) is 0 Å². The molecule has 0 aromatic rings. The van der Waals surface area contributed by atoms with Crippen LogP contribution in [0.1, 0.15) is 40.5 Å². The second kappa shape index (κ2) is 10.5. The number of nitrogens with zero attached hydrogens (tertiary/aromatic N) is 1. The van der Waals surface area contributed by atoms with Crippen LogP contribution in [0.3, 0.4) is 0 Å². The van der Waals surface area contributed by atoms with Gasteiger partial charge in [-0.1, -0.05) is 20.8 Å². The second-order valence-corrected chi connectivity index (χ2v) is 8.06. The highest BCUT2D eigenvalue weighted by molar-refractivity contribution is 8.09. The van der Waals surface area contributed by atoms with Gasteiger partial charge < -0.3 is 13.9 Å². The molecule has 1 unspecified atom stereocenters. The molecular formula is C12H28NO2PS. The Bertz CT molecular complexity index is 221. The maximum Gasteiger partial charge on any atom is 0.188 e. The summed E-state index contributed by atoms with van der Waals surface area (Å²) < 4.78 is 11.4. The Hall–Kier alpha value is 0.530. The van der Waals surface area contributed by atoms with Crippen LogP contribution < -0.4 is 0 Å². The van der Waals surface area contributed by atoms with Crippen molar-refractivity contribution in [3.63, 3.8) is 0 Å². The molecule has 0 aromatic heterocycles. The van der Waals surface area contributed by atoms with Gasteiger partial charge in [0.1, 0.15) is 0 Å². The van der Waals surface area contributed by atoms with Gasteiger partial charge in [0.2, 0.25) is 0 Å². The van der Waals surface area contributed by atoms with E-state index >= 15 is 0 Å². The molecule has 0 heterocycles. The summed E-state index contributed by atoms with van der Waals surface area (Å²) in [5, 5.41) is 0. The highest BCUT2D eigenvalue weighted by atomic mass is 32.5. The van der Waals surface area contributed by atoms with Crippen LogP contribution in [0, 0.1) is 0 Å². The number of hydrogen-bond donors (Lipinski definition) is 0. The standard InChI is InChI=1S/C12H28NO2PS/c1-5-9-13(10-6-2)11-12-15-16(17,8-4)14-7-3/h5-12H2,1-4H3. The molecule has 0 aromatic carbocycles. The van der Waals surface area contributed by atoms with Gasteiger partial charge in [-0.2, -0.15) is 0 Å². The molecule has 0 bridgehead atoms. The van der Waals surface area contributed by atoms with Crippen molar-refractivity contribution in [2.75, 3.05) is 39.0 Å². The van der Waals surface area contributed by atoms with E-state index < -0.39 is 6.49 Å². The molecule has 0 fully saturated rings. The molecular weight excluding hydrogens is 253 g/mol. The van der Waals surface area contributed by atoms with Crippen molar-refractivity contribution in [3.8, 4) is 0 Å². The van der Waals surface area contributed by atoms with Crippen molar-refractivity contribution < 1.29 is 9.05 Å². The van der Waals surface area contributed by atoms with Crippen LogP contribution in [-0.4, -0.2) is 43.9 Å². The summed E-state index contributed by atoms with van der Waals surface area (Å²) >= 11 is 5.43. The third-order valence-corrected chi connectivity index (χ3v) is 5.90. The molecule has 5 heteroatoms. The zero-order valence-electron chi connectivity index (χ0n) is 11.8. The summed E-state index contributed by atoms with van der Waals surface area (Å²) in [6.07, 6.45) is 3.19. The first kappa shape index (κ1) is 17.5. The van der Waals surface area contributed by atoms with Crippen LogP contribution in [0.15, 0.2) is 0 Å². The van der Waals surface area contributed by atoms with E-state index in [2.05, 4.69) is 18.7 Å². The summed E-state index contributed by atoms with van der Waals surface area (Å²) in [4.78, 5) is 2.43. The highest BCUT2D eigenvalue weighted by Crippen LogP contribution is 2.47. The van der Waals surface area contributed by atoms with Crippen molar-refractivity contribution in [2.45, 2.75) is 40.5 Å². The van der Waals surface area contributed by atoms with E-state index in [0.717, 1.165) is 25.8 Å². The Labute approximate surface area is 112 Å². The minimum atomic E-state index is -1.99. The van der Waals surface area contributed by atoms with Gasteiger partial charge >= 0.3 is 0 Å². The van der Waals surface area contributed by atoms with E-state index in [1.807, 2.05) is 13.8 Å². The zero-order valence-corrected chi connectivity index (χ0v) is 13.5. The lowest BCUT2D eigenvalue weighted by Crippen LogP contribution is -2.29. The van der Waals surface area contributed by atoms with Crippen LogP contribution in [0.2, 0.25) is 0 Å². The molecule has 3 nitrogen and oxygen atoms in total. The lowest BCUT2D eigenvalue weighted by atomic mass is 10.3. The normalized spacial score (nSPS) is 15.1. The molecule has 0 saturated heterocycles. The molecule has 0 amide bonds. The lowest BCUT2D eigenvalue weighted by molar-refractivity contribution is 0.196. The predicted octanol–water partition coefficient (Wildman–Crippen LogP) is 3.49. The van der Waals surface area contributed by atoms with Gasteiger partial charge in [-0.3, -0.25) is 0 Å². The molecule has 0 spiro atoms. The largest absolute Gasteiger partial charge is 0.330 e. The van der Waals surface area contributed by atoms with Gasteiger partial charge in [0.25, 0.3) is 0 Å². The lowest BCUT2D eigenvalue weighted by Gasteiger charge is -2.24. The van der Waals surface area contributed by atoms with Crippen LogP contribution >= 0.6 is 6.49 Å². The van der Waals surface area contributed by atoms with Crippen LogP contribution in [-0.2, 0) is 20.9 Å².